The van der Waals surface area contributed by atoms with Gasteiger partial charge in [0.2, 0.25) is 0 Å². The van der Waals surface area contributed by atoms with Gasteiger partial charge >= 0.3 is 0 Å². The third-order valence-electron chi connectivity index (χ3n) is 3.50. The van der Waals surface area contributed by atoms with Crippen molar-refractivity contribution in [3.05, 3.63) is 34.4 Å². The minimum atomic E-state index is -0.375. The van der Waals surface area contributed by atoms with Crippen molar-refractivity contribution in [2.24, 2.45) is 5.92 Å². The van der Waals surface area contributed by atoms with Crippen molar-refractivity contribution in [3.63, 3.8) is 0 Å². The number of nitro groups is 1. The van der Waals surface area contributed by atoms with Gasteiger partial charge in [-0.15, -0.1) is 0 Å². The van der Waals surface area contributed by atoms with Crippen molar-refractivity contribution in [1.29, 1.82) is 0 Å². The Bertz CT molecular complexity index is 413. The molecule has 0 aromatic heterocycles. The highest BCUT2D eigenvalue weighted by Gasteiger charge is 2.14. The van der Waals surface area contributed by atoms with Gasteiger partial charge in [-0.05, 0) is 44.0 Å². The van der Waals surface area contributed by atoms with E-state index in [2.05, 4.69) is 17.1 Å². The van der Waals surface area contributed by atoms with Crippen molar-refractivity contribution in [2.45, 2.75) is 19.8 Å². The molecular formula is C14H21N3O2. The summed E-state index contributed by atoms with van der Waals surface area (Å²) in [6.45, 7) is 6.70. The zero-order valence-electron chi connectivity index (χ0n) is 11.3. The Labute approximate surface area is 113 Å². The molecule has 1 heterocycles. The van der Waals surface area contributed by atoms with Gasteiger partial charge in [0.05, 0.1) is 4.92 Å². The molecule has 0 radical (unpaired) electrons. The van der Waals surface area contributed by atoms with Crippen LogP contribution in [-0.2, 0) is 0 Å². The van der Waals surface area contributed by atoms with E-state index in [-0.39, 0.29) is 10.6 Å². The number of benzene rings is 1. The predicted molar refractivity (Wildman–Crippen MR) is 76.4 cm³/mol. The van der Waals surface area contributed by atoms with Gasteiger partial charge in [0, 0.05) is 30.9 Å². The molecule has 1 aromatic carbocycles. The molecule has 0 saturated carbocycles. The minimum Gasteiger partial charge on any atom is -0.385 e. The summed E-state index contributed by atoms with van der Waals surface area (Å²) < 4.78 is 0. The number of rotatable bonds is 6. The molecule has 0 spiro atoms. The second-order valence-corrected chi connectivity index (χ2v) is 5.30. The van der Waals surface area contributed by atoms with E-state index in [4.69, 9.17) is 0 Å². The number of nitrogens with one attached hydrogen (secondary N) is 1. The molecule has 5 heteroatoms. The van der Waals surface area contributed by atoms with E-state index in [0.29, 0.717) is 5.92 Å². The lowest BCUT2D eigenvalue weighted by molar-refractivity contribution is -0.384. The molecule has 0 aliphatic carbocycles. The quantitative estimate of drug-likeness (QED) is 0.633. The van der Waals surface area contributed by atoms with Gasteiger partial charge in [0.15, 0.2) is 0 Å². The Balaban J connectivity index is 1.76. The maximum atomic E-state index is 10.6. The predicted octanol–water partition coefficient (Wildman–Crippen LogP) is 2.74. The smallest absolute Gasteiger partial charge is 0.269 e. The van der Waals surface area contributed by atoms with Gasteiger partial charge in [0.1, 0.15) is 0 Å². The minimum absolute atomic E-state index is 0.135. The second-order valence-electron chi connectivity index (χ2n) is 5.30. The molecule has 19 heavy (non-hydrogen) atoms. The van der Waals surface area contributed by atoms with Crippen LogP contribution in [0.5, 0.6) is 0 Å². The lowest BCUT2D eigenvalue weighted by Crippen LogP contribution is -2.28. The first-order chi connectivity index (χ1) is 9.15. The molecular weight excluding hydrogens is 242 g/mol. The number of anilines is 1. The van der Waals surface area contributed by atoms with Crippen LogP contribution in [-0.4, -0.2) is 36.0 Å². The number of hydrogen-bond donors (Lipinski definition) is 1. The van der Waals surface area contributed by atoms with E-state index in [1.165, 1.54) is 38.1 Å². The maximum Gasteiger partial charge on any atom is 0.269 e. The summed E-state index contributed by atoms with van der Waals surface area (Å²) in [5.74, 6) is 0.577. The molecule has 1 saturated heterocycles. The van der Waals surface area contributed by atoms with Crippen LogP contribution in [0.15, 0.2) is 24.3 Å². The third-order valence-corrected chi connectivity index (χ3v) is 3.50. The van der Waals surface area contributed by atoms with E-state index in [0.717, 1.165) is 18.8 Å². The van der Waals surface area contributed by atoms with Crippen LogP contribution >= 0.6 is 0 Å². The number of nitro benzene ring substituents is 1. The van der Waals surface area contributed by atoms with Crippen LogP contribution < -0.4 is 5.32 Å². The molecule has 0 bridgehead atoms. The van der Waals surface area contributed by atoms with E-state index >= 15 is 0 Å². The summed E-state index contributed by atoms with van der Waals surface area (Å²) in [6.07, 6.45) is 2.64. The molecule has 2 rings (SSSR count). The van der Waals surface area contributed by atoms with Crippen LogP contribution in [0.1, 0.15) is 19.8 Å². The Kier molecular flexibility index (Phi) is 4.74. The van der Waals surface area contributed by atoms with Crippen LogP contribution in [0.4, 0.5) is 11.4 Å². The molecule has 1 atom stereocenters. The van der Waals surface area contributed by atoms with Crippen molar-refractivity contribution < 1.29 is 4.92 Å². The first-order valence-electron chi connectivity index (χ1n) is 6.86. The Morgan fingerprint density at radius 2 is 1.95 bits per heavy atom. The first kappa shape index (κ1) is 13.8. The van der Waals surface area contributed by atoms with E-state index in [1.807, 2.05) is 0 Å². The summed E-state index contributed by atoms with van der Waals surface area (Å²) in [5, 5.41) is 13.9. The average molecular weight is 263 g/mol. The molecule has 1 fully saturated rings. The second kappa shape index (κ2) is 6.52. The Hall–Kier alpha value is -1.62. The number of nitrogens with zero attached hydrogens (tertiary/aromatic N) is 2. The lowest BCUT2D eigenvalue weighted by Gasteiger charge is -2.20. The van der Waals surface area contributed by atoms with Crippen molar-refractivity contribution in [1.82, 2.24) is 4.90 Å². The van der Waals surface area contributed by atoms with Gasteiger partial charge in [-0.3, -0.25) is 10.1 Å². The molecule has 0 amide bonds. The zero-order chi connectivity index (χ0) is 13.7. The van der Waals surface area contributed by atoms with Gasteiger partial charge in [-0.2, -0.15) is 0 Å². The van der Waals surface area contributed by atoms with Crippen molar-refractivity contribution in [3.8, 4) is 0 Å². The summed E-state index contributed by atoms with van der Waals surface area (Å²) in [7, 11) is 0. The fourth-order valence-corrected chi connectivity index (χ4v) is 2.46. The summed E-state index contributed by atoms with van der Waals surface area (Å²) in [6, 6.07) is 6.60. The lowest BCUT2D eigenvalue weighted by atomic mass is 10.1. The van der Waals surface area contributed by atoms with Crippen LogP contribution in [0, 0.1) is 16.0 Å². The average Bonchev–Trinajstić information content (AvgIpc) is 2.89. The highest BCUT2D eigenvalue weighted by atomic mass is 16.6. The molecule has 1 aliphatic rings. The van der Waals surface area contributed by atoms with Gasteiger partial charge in [-0.1, -0.05) is 6.92 Å². The molecule has 1 N–H and O–H groups in total. The standard InChI is InChI=1S/C14H21N3O2/c1-12(11-16-8-2-3-9-16)10-15-13-4-6-14(7-5-13)17(18)19/h4-7,12,15H,2-3,8-11H2,1H3. The van der Waals surface area contributed by atoms with Crippen LogP contribution in [0.2, 0.25) is 0 Å². The largest absolute Gasteiger partial charge is 0.385 e. The van der Waals surface area contributed by atoms with Gasteiger partial charge < -0.3 is 10.2 Å². The highest BCUT2D eigenvalue weighted by molar-refractivity contribution is 5.48. The number of non-ortho nitro benzene ring substituents is 1. The number of hydrogen-bond acceptors (Lipinski definition) is 4. The highest BCUT2D eigenvalue weighted by Crippen LogP contribution is 2.16. The topological polar surface area (TPSA) is 58.4 Å². The summed E-state index contributed by atoms with van der Waals surface area (Å²) in [4.78, 5) is 12.7. The fraction of sp³-hybridized carbons (Fsp3) is 0.571. The SMILES string of the molecule is CC(CNc1ccc([N+](=O)[O-])cc1)CN1CCCC1. The van der Waals surface area contributed by atoms with E-state index < -0.39 is 0 Å². The third kappa shape index (κ3) is 4.21. The van der Waals surface area contributed by atoms with Crippen LogP contribution in [0.25, 0.3) is 0 Å². The normalized spacial score (nSPS) is 17.3. The van der Waals surface area contributed by atoms with Gasteiger partial charge in [0.25, 0.3) is 5.69 Å². The molecule has 104 valence electrons. The fourth-order valence-electron chi connectivity index (χ4n) is 2.46. The Morgan fingerprint density at radius 1 is 1.32 bits per heavy atom. The van der Waals surface area contributed by atoms with Crippen molar-refractivity contribution in [2.75, 3.05) is 31.5 Å². The van der Waals surface area contributed by atoms with E-state index in [1.54, 1.807) is 12.1 Å². The zero-order valence-corrected chi connectivity index (χ0v) is 11.3. The first-order valence-corrected chi connectivity index (χ1v) is 6.86. The Morgan fingerprint density at radius 3 is 2.53 bits per heavy atom. The van der Waals surface area contributed by atoms with Crippen LogP contribution in [0.3, 0.4) is 0 Å². The van der Waals surface area contributed by atoms with E-state index in [9.17, 15) is 10.1 Å². The van der Waals surface area contributed by atoms with Gasteiger partial charge in [-0.25, -0.2) is 0 Å². The summed E-state index contributed by atoms with van der Waals surface area (Å²) in [5.41, 5.74) is 1.08. The monoisotopic (exact) mass is 263 g/mol. The maximum absolute atomic E-state index is 10.6. The molecule has 1 aromatic rings. The molecule has 1 unspecified atom stereocenters. The number of likely N-dealkylation sites (tertiary alicyclic amines) is 1. The molecule has 1 aliphatic heterocycles. The summed E-state index contributed by atoms with van der Waals surface area (Å²) >= 11 is 0. The molecule has 5 nitrogen and oxygen atoms in total. The van der Waals surface area contributed by atoms with Crippen molar-refractivity contribution >= 4 is 11.4 Å².